The molecular formula is C16H27N5O3. The molecule has 1 atom stereocenters. The molecule has 0 aromatic carbocycles. The van der Waals surface area contributed by atoms with Gasteiger partial charge in [-0.2, -0.15) is 5.10 Å². The molecule has 2 aliphatic rings. The summed E-state index contributed by atoms with van der Waals surface area (Å²) in [4.78, 5) is 26.4. The molecule has 3 heterocycles. The second kappa shape index (κ2) is 7.48. The number of nitrogens with zero attached hydrogens (tertiary/aromatic N) is 4. The molecule has 0 spiro atoms. The molecule has 0 bridgehead atoms. The van der Waals surface area contributed by atoms with Gasteiger partial charge >= 0.3 is 5.69 Å². The first-order valence-electron chi connectivity index (χ1n) is 8.84. The predicted octanol–water partition coefficient (Wildman–Crippen LogP) is -0.629. The molecule has 24 heavy (non-hydrogen) atoms. The monoisotopic (exact) mass is 337 g/mol. The van der Waals surface area contributed by atoms with Gasteiger partial charge in [0.05, 0.1) is 6.61 Å². The number of rotatable bonds is 4. The van der Waals surface area contributed by atoms with E-state index in [-0.39, 0.29) is 17.7 Å². The normalized spacial score (nSPS) is 22.8. The van der Waals surface area contributed by atoms with Gasteiger partial charge in [0.25, 0.3) is 5.91 Å². The summed E-state index contributed by atoms with van der Waals surface area (Å²) in [5, 5.41) is 7.56. The van der Waals surface area contributed by atoms with Gasteiger partial charge in [-0.1, -0.05) is 0 Å². The smallest absolute Gasteiger partial charge is 0.345 e. The molecule has 0 unspecified atom stereocenters. The van der Waals surface area contributed by atoms with E-state index in [1.54, 1.807) is 11.6 Å². The van der Waals surface area contributed by atoms with Crippen LogP contribution < -0.4 is 11.0 Å². The second-order valence-corrected chi connectivity index (χ2v) is 6.60. The number of piperidine rings is 1. The SMILES string of the molecule is CCn1c(CC2CCN(C(=O)[C@@H]3CNCCO3)CC2)nn(C)c1=O. The molecule has 1 N–H and O–H groups in total. The molecule has 3 rings (SSSR count). The number of hydrogen-bond donors (Lipinski definition) is 1. The molecule has 2 aliphatic heterocycles. The molecule has 0 radical (unpaired) electrons. The highest BCUT2D eigenvalue weighted by Gasteiger charge is 2.30. The van der Waals surface area contributed by atoms with E-state index < -0.39 is 0 Å². The standard InChI is InChI=1S/C16H27N5O3/c1-3-21-14(18-19(2)16(21)23)10-12-4-7-20(8-5-12)15(22)13-11-17-6-9-24-13/h12-13,17H,3-11H2,1-2H3/t13-/m0/s1. The highest BCUT2D eigenvalue weighted by Crippen LogP contribution is 2.21. The topological polar surface area (TPSA) is 81.4 Å². The van der Waals surface area contributed by atoms with Gasteiger partial charge in [-0.3, -0.25) is 9.36 Å². The highest BCUT2D eigenvalue weighted by atomic mass is 16.5. The minimum absolute atomic E-state index is 0.0536. The van der Waals surface area contributed by atoms with Crippen LogP contribution in [0.2, 0.25) is 0 Å². The lowest BCUT2D eigenvalue weighted by Gasteiger charge is -2.35. The maximum absolute atomic E-state index is 12.5. The van der Waals surface area contributed by atoms with Crippen LogP contribution in [0.1, 0.15) is 25.6 Å². The Hall–Kier alpha value is -1.67. The van der Waals surface area contributed by atoms with Crippen LogP contribution in [-0.4, -0.2) is 64.0 Å². The van der Waals surface area contributed by atoms with Crippen LogP contribution in [0, 0.1) is 5.92 Å². The molecule has 1 aromatic rings. The fraction of sp³-hybridized carbons (Fsp3) is 0.812. The fourth-order valence-corrected chi connectivity index (χ4v) is 3.57. The van der Waals surface area contributed by atoms with Crippen molar-refractivity contribution in [2.75, 3.05) is 32.8 Å². The zero-order valence-corrected chi connectivity index (χ0v) is 14.5. The van der Waals surface area contributed by atoms with Crippen molar-refractivity contribution in [1.29, 1.82) is 0 Å². The maximum atomic E-state index is 12.5. The summed E-state index contributed by atoms with van der Waals surface area (Å²) < 4.78 is 8.70. The molecule has 8 heteroatoms. The average Bonchev–Trinajstić information content (AvgIpc) is 2.89. The quantitative estimate of drug-likeness (QED) is 0.791. The van der Waals surface area contributed by atoms with Crippen molar-refractivity contribution >= 4 is 5.91 Å². The number of morpholine rings is 1. The van der Waals surface area contributed by atoms with Crippen LogP contribution in [0.5, 0.6) is 0 Å². The van der Waals surface area contributed by atoms with E-state index in [2.05, 4.69) is 10.4 Å². The average molecular weight is 337 g/mol. The van der Waals surface area contributed by atoms with E-state index in [1.165, 1.54) is 4.68 Å². The van der Waals surface area contributed by atoms with Crippen molar-refractivity contribution < 1.29 is 9.53 Å². The molecule has 2 saturated heterocycles. The van der Waals surface area contributed by atoms with Crippen LogP contribution in [-0.2, 0) is 29.5 Å². The van der Waals surface area contributed by atoms with E-state index in [1.807, 2.05) is 11.8 Å². The Bertz CT molecular complexity index is 624. The Morgan fingerprint density at radius 1 is 1.38 bits per heavy atom. The van der Waals surface area contributed by atoms with E-state index in [9.17, 15) is 9.59 Å². The van der Waals surface area contributed by atoms with Gasteiger partial charge in [0.1, 0.15) is 11.9 Å². The van der Waals surface area contributed by atoms with Crippen molar-refractivity contribution in [1.82, 2.24) is 24.6 Å². The van der Waals surface area contributed by atoms with Crippen LogP contribution in [0.15, 0.2) is 4.79 Å². The maximum Gasteiger partial charge on any atom is 0.345 e. The summed E-state index contributed by atoms with van der Waals surface area (Å²) in [6.07, 6.45) is 2.35. The molecule has 1 amide bonds. The fourth-order valence-electron chi connectivity index (χ4n) is 3.57. The molecular weight excluding hydrogens is 310 g/mol. The predicted molar refractivity (Wildman–Crippen MR) is 88.8 cm³/mol. The Morgan fingerprint density at radius 3 is 2.75 bits per heavy atom. The minimum atomic E-state index is -0.337. The largest absolute Gasteiger partial charge is 0.366 e. The Balaban J connectivity index is 1.54. The van der Waals surface area contributed by atoms with Gasteiger partial charge in [-0.25, -0.2) is 9.48 Å². The van der Waals surface area contributed by atoms with Gasteiger partial charge in [0.2, 0.25) is 0 Å². The molecule has 1 aromatic heterocycles. The first kappa shape index (κ1) is 17.2. The van der Waals surface area contributed by atoms with Crippen LogP contribution in [0.4, 0.5) is 0 Å². The molecule has 8 nitrogen and oxygen atoms in total. The van der Waals surface area contributed by atoms with E-state index in [0.717, 1.165) is 44.7 Å². The lowest BCUT2D eigenvalue weighted by molar-refractivity contribution is -0.146. The lowest BCUT2D eigenvalue weighted by Crippen LogP contribution is -2.51. The zero-order valence-electron chi connectivity index (χ0n) is 14.5. The summed E-state index contributed by atoms with van der Waals surface area (Å²) in [5.41, 5.74) is -0.0536. The summed E-state index contributed by atoms with van der Waals surface area (Å²) in [6, 6.07) is 0. The van der Waals surface area contributed by atoms with Gasteiger partial charge in [-0.05, 0) is 25.7 Å². The van der Waals surface area contributed by atoms with Gasteiger partial charge in [0, 0.05) is 46.2 Å². The first-order valence-corrected chi connectivity index (χ1v) is 8.84. The molecule has 134 valence electrons. The number of ether oxygens (including phenoxy) is 1. The third kappa shape index (κ3) is 3.54. The van der Waals surface area contributed by atoms with Crippen molar-refractivity contribution in [3.8, 4) is 0 Å². The molecule has 2 fully saturated rings. The Morgan fingerprint density at radius 2 is 2.12 bits per heavy atom. The van der Waals surface area contributed by atoms with Crippen LogP contribution in [0.25, 0.3) is 0 Å². The summed E-state index contributed by atoms with van der Waals surface area (Å²) in [6.45, 7) is 6.14. The summed E-state index contributed by atoms with van der Waals surface area (Å²) >= 11 is 0. The van der Waals surface area contributed by atoms with E-state index >= 15 is 0 Å². The van der Waals surface area contributed by atoms with Crippen molar-refractivity contribution in [2.24, 2.45) is 13.0 Å². The third-order valence-electron chi connectivity index (χ3n) is 5.00. The second-order valence-electron chi connectivity index (χ2n) is 6.60. The molecule has 0 saturated carbocycles. The van der Waals surface area contributed by atoms with Gasteiger partial charge in [-0.15, -0.1) is 0 Å². The van der Waals surface area contributed by atoms with Crippen molar-refractivity contribution in [2.45, 2.75) is 38.8 Å². The lowest BCUT2D eigenvalue weighted by atomic mass is 9.93. The minimum Gasteiger partial charge on any atom is -0.366 e. The number of carbonyl (C=O) groups excluding carboxylic acids is 1. The van der Waals surface area contributed by atoms with E-state index in [0.29, 0.717) is 25.6 Å². The number of carbonyl (C=O) groups is 1. The van der Waals surface area contributed by atoms with Gasteiger partial charge < -0.3 is 15.0 Å². The number of aryl methyl sites for hydroxylation is 1. The summed E-state index contributed by atoms with van der Waals surface area (Å²) in [7, 11) is 1.69. The first-order chi connectivity index (χ1) is 11.6. The van der Waals surface area contributed by atoms with E-state index in [4.69, 9.17) is 4.74 Å². The van der Waals surface area contributed by atoms with Crippen LogP contribution >= 0.6 is 0 Å². The van der Waals surface area contributed by atoms with Gasteiger partial charge in [0.15, 0.2) is 0 Å². The number of hydrogen-bond acceptors (Lipinski definition) is 5. The number of amides is 1. The summed E-state index contributed by atoms with van der Waals surface area (Å²) in [5.74, 6) is 1.42. The number of likely N-dealkylation sites (tertiary alicyclic amines) is 1. The third-order valence-corrected chi connectivity index (χ3v) is 5.00. The molecule has 0 aliphatic carbocycles. The zero-order chi connectivity index (χ0) is 17.1. The highest BCUT2D eigenvalue weighted by molar-refractivity contribution is 5.81. The van der Waals surface area contributed by atoms with Crippen molar-refractivity contribution in [3.63, 3.8) is 0 Å². The Labute approximate surface area is 141 Å². The number of aromatic nitrogens is 3. The van der Waals surface area contributed by atoms with Crippen molar-refractivity contribution in [3.05, 3.63) is 16.3 Å². The van der Waals surface area contributed by atoms with Crippen LogP contribution in [0.3, 0.4) is 0 Å². The number of nitrogens with one attached hydrogen (secondary N) is 1. The Kier molecular flexibility index (Phi) is 5.35.